The number of aryl methyl sites for hydroxylation is 1. The molecule has 0 aliphatic heterocycles. The first-order valence-corrected chi connectivity index (χ1v) is 22.0. The highest BCUT2D eigenvalue weighted by atomic mass is 16.4. The molecule has 6 aliphatic rings. The van der Waals surface area contributed by atoms with Crippen LogP contribution in [0.4, 0.5) is 0 Å². The molecule has 0 radical (unpaired) electrons. The van der Waals surface area contributed by atoms with Gasteiger partial charge in [0.25, 0.3) is 0 Å². The largest absolute Gasteiger partial charge is 0.481 e. The van der Waals surface area contributed by atoms with Gasteiger partial charge in [0.05, 0.1) is 5.92 Å². The summed E-state index contributed by atoms with van der Waals surface area (Å²) in [5.41, 5.74) is 2.71. The minimum atomic E-state index is -0.763. The first-order chi connectivity index (χ1) is 26.2. The van der Waals surface area contributed by atoms with Gasteiger partial charge in [0.2, 0.25) is 5.89 Å². The molecular formula is C46H70N4O6. The third-order valence-electron chi connectivity index (χ3n) is 17.6. The number of carboxylic acids is 1. The number of aliphatic carboxylic acids is 1. The van der Waals surface area contributed by atoms with Crippen LogP contribution in [0.5, 0.6) is 0 Å². The number of amides is 1. The van der Waals surface area contributed by atoms with E-state index in [1.807, 2.05) is 25.9 Å². The quantitative estimate of drug-likeness (QED) is 0.223. The van der Waals surface area contributed by atoms with Crippen LogP contribution in [0, 0.1) is 81.8 Å². The van der Waals surface area contributed by atoms with E-state index in [0.29, 0.717) is 79.4 Å². The zero-order chi connectivity index (χ0) is 40.7. The fourth-order valence-corrected chi connectivity index (χ4v) is 14.6. The number of hydrogen-bond donors (Lipinski definition) is 1. The van der Waals surface area contributed by atoms with Crippen LogP contribution in [0.15, 0.2) is 15.6 Å². The van der Waals surface area contributed by atoms with E-state index >= 15 is 0 Å². The van der Waals surface area contributed by atoms with Crippen LogP contribution in [0.2, 0.25) is 0 Å². The zero-order valence-corrected chi connectivity index (χ0v) is 36.1. The van der Waals surface area contributed by atoms with Gasteiger partial charge in [-0.1, -0.05) is 54.0 Å². The Morgan fingerprint density at radius 2 is 1.61 bits per heavy atom. The lowest BCUT2D eigenvalue weighted by atomic mass is 9.35. The Balaban J connectivity index is 1.11. The van der Waals surface area contributed by atoms with Crippen molar-refractivity contribution < 1.29 is 28.7 Å². The van der Waals surface area contributed by atoms with E-state index in [1.165, 1.54) is 24.8 Å². The molecule has 1 aromatic rings. The van der Waals surface area contributed by atoms with E-state index in [2.05, 4.69) is 56.6 Å². The fourth-order valence-electron chi connectivity index (χ4n) is 14.6. The molecule has 11 unspecified atom stereocenters. The van der Waals surface area contributed by atoms with E-state index in [1.54, 1.807) is 6.92 Å². The molecule has 0 saturated heterocycles. The summed E-state index contributed by atoms with van der Waals surface area (Å²) in [4.78, 5) is 57.1. The number of ketones is 2. The second-order valence-electron chi connectivity index (χ2n) is 21.2. The van der Waals surface area contributed by atoms with E-state index in [4.69, 9.17) is 4.42 Å². The highest BCUT2D eigenvalue weighted by molar-refractivity contribution is 6.00. The number of carboxylic acid groups (broad SMARTS) is 1. The van der Waals surface area contributed by atoms with Crippen LogP contribution < -0.4 is 0 Å². The molecule has 310 valence electrons. The average molecular weight is 775 g/mol. The van der Waals surface area contributed by atoms with Gasteiger partial charge in [-0.3, -0.25) is 19.2 Å². The Morgan fingerprint density at radius 3 is 2.23 bits per heavy atom. The van der Waals surface area contributed by atoms with E-state index in [-0.39, 0.29) is 57.1 Å². The van der Waals surface area contributed by atoms with Gasteiger partial charge in [0.15, 0.2) is 5.78 Å². The summed E-state index contributed by atoms with van der Waals surface area (Å²) in [5.74, 6) is 2.02. The molecule has 0 aromatic carbocycles. The SMILES string of the molecule is Cc1nnc(C(=O)N(CCN(C)C)CCC23CCC4C(CCC5C4(C)CCC4C(C)(C)C(CC(=O)C6CC(C(=O)O)C6C)CCC45C)C2=C(C(C)C)C(=O)C3)o1. The van der Waals surface area contributed by atoms with Crippen molar-refractivity contribution in [3.8, 4) is 0 Å². The second-order valence-corrected chi connectivity index (χ2v) is 21.2. The lowest BCUT2D eigenvalue weighted by Crippen LogP contribution is -2.62. The number of fused-ring (bicyclic) bond motifs is 7. The van der Waals surface area contributed by atoms with Crippen LogP contribution in [-0.4, -0.2) is 82.3 Å². The van der Waals surface area contributed by atoms with E-state index < -0.39 is 5.97 Å². The van der Waals surface area contributed by atoms with Gasteiger partial charge in [-0.05, 0) is 142 Å². The van der Waals surface area contributed by atoms with Gasteiger partial charge >= 0.3 is 17.8 Å². The van der Waals surface area contributed by atoms with Crippen molar-refractivity contribution >= 4 is 23.4 Å². The number of allylic oxidation sites excluding steroid dienone is 2. The Bertz CT molecular complexity index is 1760. The molecule has 1 heterocycles. The van der Waals surface area contributed by atoms with Crippen LogP contribution in [0.3, 0.4) is 0 Å². The Morgan fingerprint density at radius 1 is 0.893 bits per heavy atom. The molecule has 0 spiro atoms. The molecule has 1 N–H and O–H groups in total. The first-order valence-electron chi connectivity index (χ1n) is 22.0. The van der Waals surface area contributed by atoms with Gasteiger partial charge in [-0.2, -0.15) is 0 Å². The number of Topliss-reactive ketones (excluding diaryl/α,β-unsaturated/α-hetero) is 2. The summed E-state index contributed by atoms with van der Waals surface area (Å²) in [5, 5.41) is 17.5. The smallest absolute Gasteiger partial charge is 0.311 e. The molecule has 6 aliphatic carbocycles. The fraction of sp³-hybridized carbons (Fsp3) is 0.826. The monoisotopic (exact) mass is 775 g/mol. The molecule has 5 fully saturated rings. The summed E-state index contributed by atoms with van der Waals surface area (Å²) >= 11 is 0. The van der Waals surface area contributed by atoms with Crippen LogP contribution >= 0.6 is 0 Å². The minimum Gasteiger partial charge on any atom is -0.481 e. The lowest BCUT2D eigenvalue weighted by Gasteiger charge is -2.69. The lowest BCUT2D eigenvalue weighted by molar-refractivity contribution is -0.193. The molecule has 5 saturated carbocycles. The van der Waals surface area contributed by atoms with Crippen molar-refractivity contribution in [3.05, 3.63) is 22.9 Å². The molecule has 11 atom stereocenters. The van der Waals surface area contributed by atoms with Gasteiger partial charge < -0.3 is 19.3 Å². The molecule has 0 bridgehead atoms. The molecule has 10 heteroatoms. The third kappa shape index (κ3) is 6.63. The number of rotatable bonds is 12. The van der Waals surface area contributed by atoms with Gasteiger partial charge in [-0.15, -0.1) is 10.2 Å². The normalized spacial score (nSPS) is 38.8. The maximum absolute atomic E-state index is 14.2. The molecule has 1 amide bonds. The molecule has 1 aromatic heterocycles. The zero-order valence-electron chi connectivity index (χ0n) is 36.1. The maximum Gasteiger partial charge on any atom is 0.311 e. The summed E-state index contributed by atoms with van der Waals surface area (Å²) in [6.45, 7) is 20.0. The van der Waals surface area contributed by atoms with Crippen molar-refractivity contribution in [2.24, 2.45) is 74.9 Å². The Labute approximate surface area is 335 Å². The van der Waals surface area contributed by atoms with Crippen LogP contribution in [0.25, 0.3) is 0 Å². The first kappa shape index (κ1) is 41.3. The molecule has 7 rings (SSSR count). The molecular weight excluding hydrogens is 705 g/mol. The topological polar surface area (TPSA) is 134 Å². The predicted octanol–water partition coefficient (Wildman–Crippen LogP) is 8.29. The maximum atomic E-state index is 14.2. The highest BCUT2D eigenvalue weighted by Crippen LogP contribution is 2.74. The van der Waals surface area contributed by atoms with Gasteiger partial charge in [-0.25, -0.2) is 0 Å². The number of nitrogens with zero attached hydrogens (tertiary/aromatic N) is 4. The minimum absolute atomic E-state index is 0.0305. The van der Waals surface area contributed by atoms with E-state index in [0.717, 1.165) is 50.6 Å². The van der Waals surface area contributed by atoms with Crippen molar-refractivity contribution in [1.82, 2.24) is 20.0 Å². The van der Waals surface area contributed by atoms with E-state index in [9.17, 15) is 24.3 Å². The summed E-state index contributed by atoms with van der Waals surface area (Å²) < 4.78 is 5.60. The van der Waals surface area contributed by atoms with Crippen LogP contribution in [-0.2, 0) is 14.4 Å². The van der Waals surface area contributed by atoms with Gasteiger partial charge in [0.1, 0.15) is 5.78 Å². The van der Waals surface area contributed by atoms with Crippen molar-refractivity contribution in [2.75, 3.05) is 33.7 Å². The van der Waals surface area contributed by atoms with Gasteiger partial charge in [0, 0.05) is 50.7 Å². The number of carbonyl (C=O) groups excluding carboxylic acids is 3. The number of carbonyl (C=O) groups is 4. The van der Waals surface area contributed by atoms with Crippen molar-refractivity contribution in [1.29, 1.82) is 0 Å². The Kier molecular flexibility index (Phi) is 10.9. The summed E-state index contributed by atoms with van der Waals surface area (Å²) in [6.07, 6.45) is 11.4. The number of aromatic nitrogens is 2. The predicted molar refractivity (Wildman–Crippen MR) is 214 cm³/mol. The molecule has 10 nitrogen and oxygen atoms in total. The second kappa shape index (κ2) is 14.7. The van der Waals surface area contributed by atoms with Crippen molar-refractivity contribution in [3.63, 3.8) is 0 Å². The molecule has 56 heavy (non-hydrogen) atoms. The standard InChI is InChI=1S/C46H70N4O6/c1-26(2)38-35(52)25-46(19-20-50(22-21-49(9)10)41(53)40-48-47-28(4)56-40)18-14-33-30(39(38)46)11-12-37-44(33,7)17-15-36-43(5,6)29(13-16-45(36,37)8)23-34(51)31-24-32(27(31)3)42(54)55/h26-27,29-33,36-37H,11-25H2,1-10H3,(H,54,55). The highest BCUT2D eigenvalue weighted by Gasteiger charge is 2.66. The summed E-state index contributed by atoms with van der Waals surface area (Å²) in [6, 6.07) is 0. The third-order valence-corrected chi connectivity index (χ3v) is 17.6. The number of likely N-dealkylation sites (N-methyl/N-ethyl adjacent to an activating group) is 1. The number of hydrogen-bond acceptors (Lipinski definition) is 8. The van der Waals surface area contributed by atoms with Crippen LogP contribution in [0.1, 0.15) is 142 Å². The van der Waals surface area contributed by atoms with Crippen molar-refractivity contribution in [2.45, 2.75) is 132 Å². The average Bonchev–Trinajstić information content (AvgIpc) is 3.68. The Hall–Kier alpha value is -2.88. The summed E-state index contributed by atoms with van der Waals surface area (Å²) in [7, 11) is 4.03.